The molecular weight excluding hydrogens is 204 g/mol. The second-order valence-corrected chi connectivity index (χ2v) is 4.83. The van der Waals surface area contributed by atoms with Crippen molar-refractivity contribution in [3.8, 4) is 0 Å². The van der Waals surface area contributed by atoms with Gasteiger partial charge in [-0.3, -0.25) is 4.79 Å². The number of carbonyl (C=O) groups excluding carboxylic acids is 1. The van der Waals surface area contributed by atoms with E-state index in [-0.39, 0.29) is 5.92 Å². The van der Waals surface area contributed by atoms with Gasteiger partial charge in [-0.1, -0.05) is 0 Å². The molecule has 2 aliphatic heterocycles. The molecular formula is C12H22N2O2. The van der Waals surface area contributed by atoms with Crippen molar-refractivity contribution >= 4 is 5.91 Å². The van der Waals surface area contributed by atoms with Crippen LogP contribution in [-0.2, 0) is 9.53 Å². The first-order chi connectivity index (χ1) is 7.83. The summed E-state index contributed by atoms with van der Waals surface area (Å²) in [5, 5.41) is 3.26. The summed E-state index contributed by atoms with van der Waals surface area (Å²) in [6, 6.07) is 0.312. The van der Waals surface area contributed by atoms with Gasteiger partial charge in [0.1, 0.15) is 0 Å². The van der Waals surface area contributed by atoms with Gasteiger partial charge < -0.3 is 15.0 Å². The SMILES string of the molecule is COCC1CCCCN1C(=O)C1CCNC1. The second-order valence-electron chi connectivity index (χ2n) is 4.83. The van der Waals surface area contributed by atoms with Gasteiger partial charge in [-0.25, -0.2) is 0 Å². The van der Waals surface area contributed by atoms with Crippen molar-refractivity contribution in [2.24, 2.45) is 5.92 Å². The highest BCUT2D eigenvalue weighted by molar-refractivity contribution is 5.79. The van der Waals surface area contributed by atoms with E-state index in [2.05, 4.69) is 10.2 Å². The molecule has 0 radical (unpaired) electrons. The number of nitrogens with zero attached hydrogens (tertiary/aromatic N) is 1. The Balaban J connectivity index is 1.95. The van der Waals surface area contributed by atoms with Gasteiger partial charge in [0, 0.05) is 20.2 Å². The molecule has 2 heterocycles. The van der Waals surface area contributed by atoms with Crippen LogP contribution in [0.2, 0.25) is 0 Å². The highest BCUT2D eigenvalue weighted by Crippen LogP contribution is 2.21. The van der Waals surface area contributed by atoms with Crippen LogP contribution in [-0.4, -0.2) is 50.2 Å². The minimum atomic E-state index is 0.206. The fraction of sp³-hybridized carbons (Fsp3) is 0.917. The molecule has 0 aromatic rings. The first-order valence-corrected chi connectivity index (χ1v) is 6.33. The van der Waals surface area contributed by atoms with Crippen LogP contribution in [0.5, 0.6) is 0 Å². The Morgan fingerprint density at radius 1 is 1.44 bits per heavy atom. The van der Waals surface area contributed by atoms with Gasteiger partial charge in [-0.05, 0) is 32.2 Å². The van der Waals surface area contributed by atoms with Crippen LogP contribution >= 0.6 is 0 Å². The zero-order chi connectivity index (χ0) is 11.4. The zero-order valence-electron chi connectivity index (χ0n) is 10.1. The third-order valence-electron chi connectivity index (χ3n) is 3.68. The van der Waals surface area contributed by atoms with Gasteiger partial charge in [0.05, 0.1) is 18.6 Å². The van der Waals surface area contributed by atoms with Crippen LogP contribution in [0.25, 0.3) is 0 Å². The number of piperidine rings is 1. The maximum Gasteiger partial charge on any atom is 0.227 e. The lowest BCUT2D eigenvalue weighted by Crippen LogP contribution is -2.48. The first kappa shape index (κ1) is 11.9. The lowest BCUT2D eigenvalue weighted by Gasteiger charge is -2.36. The molecule has 2 saturated heterocycles. The van der Waals surface area contributed by atoms with Gasteiger partial charge in [0.2, 0.25) is 5.91 Å². The Kier molecular flexibility index (Phi) is 4.18. The number of rotatable bonds is 3. The van der Waals surface area contributed by atoms with Crippen LogP contribution in [0.15, 0.2) is 0 Å². The van der Waals surface area contributed by atoms with Crippen LogP contribution in [0.4, 0.5) is 0 Å². The zero-order valence-corrected chi connectivity index (χ0v) is 10.1. The minimum Gasteiger partial charge on any atom is -0.383 e. The molecule has 1 amide bonds. The number of carbonyl (C=O) groups is 1. The molecule has 16 heavy (non-hydrogen) atoms. The number of amides is 1. The number of methoxy groups -OCH3 is 1. The van der Waals surface area contributed by atoms with Gasteiger partial charge >= 0.3 is 0 Å². The van der Waals surface area contributed by atoms with Gasteiger partial charge in [0.25, 0.3) is 0 Å². The fourth-order valence-electron chi connectivity index (χ4n) is 2.76. The van der Waals surface area contributed by atoms with Crippen molar-refractivity contribution in [3.05, 3.63) is 0 Å². The van der Waals surface area contributed by atoms with Crippen molar-refractivity contribution in [2.75, 3.05) is 33.4 Å². The molecule has 1 N–H and O–H groups in total. The molecule has 0 bridgehead atoms. The molecule has 0 aromatic carbocycles. The van der Waals surface area contributed by atoms with Crippen molar-refractivity contribution in [2.45, 2.75) is 31.7 Å². The Morgan fingerprint density at radius 2 is 2.31 bits per heavy atom. The van der Waals surface area contributed by atoms with E-state index in [1.54, 1.807) is 7.11 Å². The minimum absolute atomic E-state index is 0.206. The number of hydrogen-bond donors (Lipinski definition) is 1. The fourth-order valence-corrected chi connectivity index (χ4v) is 2.76. The van der Waals surface area contributed by atoms with Crippen molar-refractivity contribution in [1.29, 1.82) is 0 Å². The van der Waals surface area contributed by atoms with E-state index in [0.717, 1.165) is 38.9 Å². The largest absolute Gasteiger partial charge is 0.383 e. The summed E-state index contributed by atoms with van der Waals surface area (Å²) >= 11 is 0. The standard InChI is InChI=1S/C12H22N2O2/c1-16-9-11-4-2-3-7-14(11)12(15)10-5-6-13-8-10/h10-11,13H,2-9H2,1H3. The molecule has 0 aromatic heterocycles. The van der Waals surface area contributed by atoms with E-state index in [1.807, 2.05) is 0 Å². The Hall–Kier alpha value is -0.610. The number of likely N-dealkylation sites (tertiary alicyclic amines) is 1. The van der Waals surface area contributed by atoms with Crippen molar-refractivity contribution in [3.63, 3.8) is 0 Å². The normalized spacial score (nSPS) is 30.7. The van der Waals surface area contributed by atoms with E-state index >= 15 is 0 Å². The van der Waals surface area contributed by atoms with Gasteiger partial charge in [-0.15, -0.1) is 0 Å². The molecule has 2 aliphatic rings. The number of ether oxygens (including phenoxy) is 1. The summed E-state index contributed by atoms with van der Waals surface area (Å²) in [5.41, 5.74) is 0. The molecule has 2 fully saturated rings. The molecule has 0 spiro atoms. The van der Waals surface area contributed by atoms with Crippen LogP contribution in [0.1, 0.15) is 25.7 Å². The Labute approximate surface area is 97.3 Å². The molecule has 2 unspecified atom stereocenters. The Bertz CT molecular complexity index is 237. The van der Waals surface area contributed by atoms with Crippen LogP contribution in [0.3, 0.4) is 0 Å². The summed E-state index contributed by atoms with van der Waals surface area (Å²) in [6.07, 6.45) is 4.46. The first-order valence-electron chi connectivity index (χ1n) is 6.33. The molecule has 4 heteroatoms. The smallest absolute Gasteiger partial charge is 0.227 e. The molecule has 92 valence electrons. The number of nitrogens with one attached hydrogen (secondary N) is 1. The Morgan fingerprint density at radius 3 is 3.00 bits per heavy atom. The van der Waals surface area contributed by atoms with Crippen LogP contribution < -0.4 is 5.32 Å². The highest BCUT2D eigenvalue weighted by Gasteiger charge is 2.32. The predicted molar refractivity (Wildman–Crippen MR) is 62.2 cm³/mol. The molecule has 0 saturated carbocycles. The third kappa shape index (κ3) is 2.55. The van der Waals surface area contributed by atoms with E-state index in [1.165, 1.54) is 6.42 Å². The summed E-state index contributed by atoms with van der Waals surface area (Å²) in [6.45, 7) is 3.45. The van der Waals surface area contributed by atoms with E-state index in [9.17, 15) is 4.79 Å². The van der Waals surface area contributed by atoms with E-state index in [4.69, 9.17) is 4.74 Å². The van der Waals surface area contributed by atoms with Crippen molar-refractivity contribution < 1.29 is 9.53 Å². The van der Waals surface area contributed by atoms with E-state index in [0.29, 0.717) is 18.6 Å². The molecule has 2 rings (SSSR count). The summed E-state index contributed by atoms with van der Waals surface area (Å²) in [5.74, 6) is 0.546. The molecule has 2 atom stereocenters. The van der Waals surface area contributed by atoms with Crippen molar-refractivity contribution in [1.82, 2.24) is 10.2 Å². The summed E-state index contributed by atoms with van der Waals surface area (Å²) in [7, 11) is 1.72. The van der Waals surface area contributed by atoms with Crippen LogP contribution in [0, 0.1) is 5.92 Å². The van der Waals surface area contributed by atoms with Gasteiger partial charge in [0.15, 0.2) is 0 Å². The lowest BCUT2D eigenvalue weighted by molar-refractivity contribution is -0.140. The average Bonchev–Trinajstić information content (AvgIpc) is 2.83. The lowest BCUT2D eigenvalue weighted by atomic mass is 9.99. The summed E-state index contributed by atoms with van der Waals surface area (Å²) in [4.78, 5) is 14.4. The highest BCUT2D eigenvalue weighted by atomic mass is 16.5. The quantitative estimate of drug-likeness (QED) is 0.767. The maximum absolute atomic E-state index is 12.3. The summed E-state index contributed by atoms with van der Waals surface area (Å²) < 4.78 is 5.21. The number of hydrogen-bond acceptors (Lipinski definition) is 3. The van der Waals surface area contributed by atoms with Gasteiger partial charge in [-0.2, -0.15) is 0 Å². The maximum atomic E-state index is 12.3. The van der Waals surface area contributed by atoms with E-state index < -0.39 is 0 Å². The average molecular weight is 226 g/mol. The molecule has 4 nitrogen and oxygen atoms in total. The molecule has 0 aliphatic carbocycles. The monoisotopic (exact) mass is 226 g/mol. The predicted octanol–water partition coefficient (Wildman–Crippen LogP) is 0.623. The third-order valence-corrected chi connectivity index (χ3v) is 3.68. The second kappa shape index (κ2) is 5.64. The topological polar surface area (TPSA) is 41.6 Å².